The van der Waals surface area contributed by atoms with E-state index >= 15 is 0 Å². The van der Waals surface area contributed by atoms with Gasteiger partial charge in [-0.1, -0.05) is 20.8 Å². The average Bonchev–Trinajstić information content (AvgIpc) is 2.14. The minimum Gasteiger partial charge on any atom is -0.471 e. The van der Waals surface area contributed by atoms with E-state index in [0.717, 1.165) is 0 Å². The van der Waals surface area contributed by atoms with Crippen LogP contribution < -0.4 is 0 Å². The Balaban J connectivity index is 2.88. The van der Waals surface area contributed by atoms with Crippen LogP contribution in [0.5, 0.6) is 0 Å². The third-order valence-corrected chi connectivity index (χ3v) is 1.70. The zero-order chi connectivity index (χ0) is 10.6. The molecule has 1 heterocycles. The predicted molar refractivity (Wildman–Crippen MR) is 53.3 cm³/mol. The van der Waals surface area contributed by atoms with Gasteiger partial charge >= 0.3 is 0 Å². The zero-order valence-electron chi connectivity index (χ0n) is 8.78. The van der Waals surface area contributed by atoms with Gasteiger partial charge in [0.25, 0.3) is 5.90 Å². The number of aliphatic hydroxyl groups is 1. The van der Waals surface area contributed by atoms with Crippen molar-refractivity contribution in [1.82, 2.24) is 0 Å². The van der Waals surface area contributed by atoms with E-state index in [1.54, 1.807) is 0 Å². The predicted octanol–water partition coefficient (Wildman–Crippen LogP) is 0.784. The van der Waals surface area contributed by atoms with Gasteiger partial charge in [0.15, 0.2) is 6.61 Å². The summed E-state index contributed by atoms with van der Waals surface area (Å²) in [6.45, 7) is 6.58. The van der Waals surface area contributed by atoms with Gasteiger partial charge in [0.05, 0.1) is 0 Å². The fraction of sp³-hybridized carbons (Fsp3) is 0.778. The lowest BCUT2D eigenvalue weighted by molar-refractivity contribution is 0.0669. The van der Waals surface area contributed by atoms with Crippen molar-refractivity contribution in [1.29, 1.82) is 0 Å². The summed E-state index contributed by atoms with van der Waals surface area (Å²) in [5.74, 6) is 0.373. The second kappa shape index (κ2) is 4.41. The van der Waals surface area contributed by atoms with E-state index in [2.05, 4.69) is 10.1 Å². The third kappa shape index (κ3) is 2.70. The Hall–Kier alpha value is -1.10. The molecule has 1 N–H and O–H groups in total. The topological polar surface area (TPSA) is 63.4 Å². The van der Waals surface area contributed by atoms with Crippen molar-refractivity contribution in [2.45, 2.75) is 20.8 Å². The molecule has 5 heteroatoms. The molecule has 0 aromatic carbocycles. The van der Waals surface area contributed by atoms with Crippen molar-refractivity contribution in [3.8, 4) is 0 Å². The summed E-state index contributed by atoms with van der Waals surface area (Å²) in [4.78, 5) is 8.86. The quantitative estimate of drug-likeness (QED) is 0.670. The smallest absolute Gasteiger partial charge is 0.272 e. The molecule has 1 aliphatic heterocycles. The highest BCUT2D eigenvalue weighted by Gasteiger charge is 2.27. The summed E-state index contributed by atoms with van der Waals surface area (Å²) in [5, 5.41) is 12.6. The molecule has 0 aliphatic carbocycles. The molecular formula is C9H16N2O3. The maximum Gasteiger partial charge on any atom is 0.272 e. The van der Waals surface area contributed by atoms with Crippen molar-refractivity contribution >= 4 is 11.6 Å². The molecule has 14 heavy (non-hydrogen) atoms. The Morgan fingerprint density at radius 3 is 2.64 bits per heavy atom. The Morgan fingerprint density at radius 1 is 1.50 bits per heavy atom. The number of rotatable bonds is 2. The number of hydrogen-bond acceptors (Lipinski definition) is 5. The Morgan fingerprint density at radius 2 is 2.21 bits per heavy atom. The standard InChI is InChI=1S/C9H16N2O3/c1-9(2,3)7(10-6-12)8-11-14-5-4-13-8/h12H,4-6H2,1-3H3/b10-7-. The summed E-state index contributed by atoms with van der Waals surface area (Å²) in [5.41, 5.74) is 0.405. The van der Waals surface area contributed by atoms with Gasteiger partial charge in [-0.2, -0.15) is 0 Å². The van der Waals surface area contributed by atoms with Crippen molar-refractivity contribution in [3.63, 3.8) is 0 Å². The van der Waals surface area contributed by atoms with Crippen LogP contribution in [0.15, 0.2) is 10.1 Å². The highest BCUT2D eigenvalue weighted by atomic mass is 16.7. The van der Waals surface area contributed by atoms with Crippen LogP contribution in [-0.2, 0) is 9.57 Å². The number of hydrogen-bond donors (Lipinski definition) is 1. The van der Waals surface area contributed by atoms with Crippen LogP contribution in [0.2, 0.25) is 0 Å². The van der Waals surface area contributed by atoms with Crippen molar-refractivity contribution in [2.75, 3.05) is 19.9 Å². The fourth-order valence-corrected chi connectivity index (χ4v) is 1.11. The number of nitrogens with zero attached hydrogens (tertiary/aromatic N) is 2. The first kappa shape index (κ1) is 11.0. The maximum absolute atomic E-state index is 8.79. The molecule has 0 spiro atoms. The van der Waals surface area contributed by atoms with E-state index in [9.17, 15) is 0 Å². The molecule has 0 saturated carbocycles. The molecule has 0 aromatic heterocycles. The van der Waals surface area contributed by atoms with E-state index in [0.29, 0.717) is 24.8 Å². The summed E-state index contributed by atoms with van der Waals surface area (Å²) in [6.07, 6.45) is 0. The first-order valence-corrected chi connectivity index (χ1v) is 4.54. The lowest BCUT2D eigenvalue weighted by Gasteiger charge is -2.23. The minimum absolute atomic E-state index is 0.220. The average molecular weight is 200 g/mol. The van der Waals surface area contributed by atoms with Gasteiger partial charge in [0, 0.05) is 5.41 Å². The number of ether oxygens (including phenoxy) is 1. The number of aliphatic hydroxyl groups excluding tert-OH is 1. The molecule has 0 saturated heterocycles. The summed E-state index contributed by atoms with van der Waals surface area (Å²) >= 11 is 0. The first-order valence-electron chi connectivity index (χ1n) is 4.54. The van der Waals surface area contributed by atoms with Gasteiger partial charge in [-0.15, -0.1) is 0 Å². The monoisotopic (exact) mass is 200 g/mol. The molecule has 0 aromatic rings. The minimum atomic E-state index is -0.269. The Labute approximate surface area is 83.4 Å². The molecule has 0 radical (unpaired) electrons. The van der Waals surface area contributed by atoms with Gasteiger partial charge in [-0.3, -0.25) is 4.99 Å². The van der Waals surface area contributed by atoms with E-state index in [1.807, 2.05) is 20.8 Å². The van der Waals surface area contributed by atoms with Crippen LogP contribution in [0.3, 0.4) is 0 Å². The van der Waals surface area contributed by atoms with Gasteiger partial charge in [-0.05, 0) is 5.16 Å². The SMILES string of the molecule is CC(C)(C)/C(=N\CO)C1=NOCCO1. The first-order chi connectivity index (χ1) is 6.55. The molecule has 0 atom stereocenters. The zero-order valence-corrected chi connectivity index (χ0v) is 8.78. The summed E-state index contributed by atoms with van der Waals surface area (Å²) < 4.78 is 5.30. The van der Waals surface area contributed by atoms with E-state index in [-0.39, 0.29) is 12.1 Å². The normalized spacial score (nSPS) is 18.3. The van der Waals surface area contributed by atoms with E-state index in [1.165, 1.54) is 0 Å². The van der Waals surface area contributed by atoms with E-state index in [4.69, 9.17) is 14.7 Å². The molecule has 80 valence electrons. The van der Waals surface area contributed by atoms with Crippen molar-refractivity contribution in [2.24, 2.45) is 15.6 Å². The van der Waals surface area contributed by atoms with Crippen LogP contribution in [0.25, 0.3) is 0 Å². The van der Waals surface area contributed by atoms with E-state index < -0.39 is 0 Å². The molecule has 1 rings (SSSR count). The molecular weight excluding hydrogens is 184 g/mol. The molecule has 0 unspecified atom stereocenters. The second-order valence-electron chi connectivity index (χ2n) is 3.98. The highest BCUT2D eigenvalue weighted by Crippen LogP contribution is 2.18. The van der Waals surface area contributed by atoms with Gasteiger partial charge in [-0.25, -0.2) is 0 Å². The van der Waals surface area contributed by atoms with Gasteiger partial charge in [0.1, 0.15) is 19.0 Å². The largest absolute Gasteiger partial charge is 0.471 e. The fourth-order valence-electron chi connectivity index (χ4n) is 1.11. The molecule has 0 amide bonds. The second-order valence-corrected chi connectivity index (χ2v) is 3.98. The summed E-state index contributed by atoms with van der Waals surface area (Å²) in [7, 11) is 0. The van der Waals surface area contributed by atoms with Crippen molar-refractivity contribution < 1.29 is 14.7 Å². The van der Waals surface area contributed by atoms with Crippen LogP contribution in [0.4, 0.5) is 0 Å². The van der Waals surface area contributed by atoms with Crippen LogP contribution in [0, 0.1) is 5.41 Å². The van der Waals surface area contributed by atoms with Gasteiger partial charge in [0.2, 0.25) is 0 Å². The lowest BCUT2D eigenvalue weighted by Crippen LogP contribution is -2.34. The van der Waals surface area contributed by atoms with Crippen LogP contribution >= 0.6 is 0 Å². The maximum atomic E-state index is 8.79. The van der Waals surface area contributed by atoms with Gasteiger partial charge < -0.3 is 14.7 Å². The summed E-state index contributed by atoms with van der Waals surface area (Å²) in [6, 6.07) is 0. The Bertz CT molecular complexity index is 253. The molecule has 5 nitrogen and oxygen atoms in total. The molecule has 1 aliphatic rings. The van der Waals surface area contributed by atoms with Crippen LogP contribution in [-0.4, -0.2) is 36.7 Å². The van der Waals surface area contributed by atoms with Crippen molar-refractivity contribution in [3.05, 3.63) is 0 Å². The number of oxime groups is 1. The lowest BCUT2D eigenvalue weighted by atomic mass is 9.89. The van der Waals surface area contributed by atoms with Crippen LogP contribution in [0.1, 0.15) is 20.8 Å². The highest BCUT2D eigenvalue weighted by molar-refractivity contribution is 6.40. The number of aliphatic imine (C=N–C) groups is 1. The Kier molecular flexibility index (Phi) is 3.46. The molecule has 0 fully saturated rings. The molecule has 0 bridgehead atoms. The third-order valence-electron chi connectivity index (χ3n) is 1.70.